The van der Waals surface area contributed by atoms with Gasteiger partial charge in [0.25, 0.3) is 0 Å². The third kappa shape index (κ3) is 5.25. The number of hydrogen-bond donors (Lipinski definition) is 1. The first-order chi connectivity index (χ1) is 19.3. The number of anilines is 1. The Bertz CT molecular complexity index is 1600. The molecule has 0 spiro atoms. The summed E-state index contributed by atoms with van der Waals surface area (Å²) < 4.78 is 62.4. The molecule has 2 atom stereocenters. The highest BCUT2D eigenvalue weighted by atomic mass is 32.2. The van der Waals surface area contributed by atoms with E-state index < -0.39 is 27.5 Å². The Morgan fingerprint density at radius 1 is 1.10 bits per heavy atom. The molecule has 210 valence electrons. The van der Waals surface area contributed by atoms with Crippen LogP contribution < -0.4 is 9.64 Å². The van der Waals surface area contributed by atoms with Crippen LogP contribution in [-0.2, 0) is 14.5 Å². The summed E-state index contributed by atoms with van der Waals surface area (Å²) in [7, 11) is -2.49. The smallest absolute Gasteiger partial charge is 0.151 e. The summed E-state index contributed by atoms with van der Waals surface area (Å²) in [6.45, 7) is 3.32. The molecule has 3 aromatic heterocycles. The van der Waals surface area contributed by atoms with Gasteiger partial charge < -0.3 is 14.4 Å². The van der Waals surface area contributed by atoms with E-state index in [1.54, 1.807) is 19.2 Å². The van der Waals surface area contributed by atoms with Gasteiger partial charge in [0.2, 0.25) is 0 Å². The van der Waals surface area contributed by atoms with Crippen LogP contribution in [0.25, 0.3) is 22.2 Å². The maximum Gasteiger partial charge on any atom is 0.151 e. The molecule has 40 heavy (non-hydrogen) atoms. The molecule has 12 heteroatoms. The van der Waals surface area contributed by atoms with Crippen LogP contribution in [0, 0.1) is 16.4 Å². The van der Waals surface area contributed by atoms with E-state index in [1.165, 1.54) is 0 Å². The van der Waals surface area contributed by atoms with Gasteiger partial charge in [-0.2, -0.15) is 5.10 Å². The maximum absolute atomic E-state index is 14.3. The molecule has 9 nitrogen and oxygen atoms in total. The van der Waals surface area contributed by atoms with Crippen molar-refractivity contribution in [1.82, 2.24) is 19.7 Å². The molecule has 2 aliphatic heterocycles. The van der Waals surface area contributed by atoms with E-state index in [0.717, 1.165) is 53.9 Å². The summed E-state index contributed by atoms with van der Waals surface area (Å²) >= 11 is 0. The standard InChI is InChI=1S/C28H30F2N6O3S/c1-18(27-22(29)16-32-17-23(27)30)39-20-6-7-24-21(14-20)28(34-36(24)26-4-2-3-11-38-26)19-5-8-25(33-15-19)35-9-12-40(31,37)13-10-35/h5-8,14-18,26,31H,2-4,9-13H2,1H3. The molecule has 1 aromatic carbocycles. The van der Waals surface area contributed by atoms with Crippen molar-refractivity contribution in [3.63, 3.8) is 0 Å². The SMILES string of the molecule is CC(Oc1ccc2c(c1)c(-c1ccc(N3CCS(=N)(=O)CC3)nc1)nn2C1CCCCO1)c1c(F)cncc1F. The molecule has 5 heterocycles. The van der Waals surface area contributed by atoms with Gasteiger partial charge in [-0.1, -0.05) is 0 Å². The summed E-state index contributed by atoms with van der Waals surface area (Å²) in [5.41, 5.74) is 2.16. The van der Waals surface area contributed by atoms with Crippen LogP contribution in [0.5, 0.6) is 5.75 Å². The fourth-order valence-electron chi connectivity index (χ4n) is 5.29. The second-order valence-electron chi connectivity index (χ2n) is 10.2. The quantitative estimate of drug-likeness (QED) is 0.328. The van der Waals surface area contributed by atoms with Crippen LogP contribution >= 0.6 is 0 Å². The molecule has 0 amide bonds. The summed E-state index contributed by atoms with van der Waals surface area (Å²) in [6.07, 6.45) is 5.52. The molecule has 0 bridgehead atoms. The van der Waals surface area contributed by atoms with Crippen molar-refractivity contribution in [3.8, 4) is 17.0 Å². The molecule has 1 N–H and O–H groups in total. The number of aromatic nitrogens is 4. The lowest BCUT2D eigenvalue weighted by atomic mass is 10.1. The number of rotatable bonds is 6. The van der Waals surface area contributed by atoms with E-state index in [2.05, 4.69) is 9.97 Å². The molecular weight excluding hydrogens is 538 g/mol. The number of hydrogen-bond acceptors (Lipinski definition) is 8. The Labute approximate surface area is 231 Å². The van der Waals surface area contributed by atoms with Crippen molar-refractivity contribution >= 4 is 26.4 Å². The van der Waals surface area contributed by atoms with Crippen LogP contribution in [0.1, 0.15) is 44.1 Å². The highest BCUT2D eigenvalue weighted by Gasteiger charge is 2.24. The number of benzene rings is 1. The van der Waals surface area contributed by atoms with Gasteiger partial charge >= 0.3 is 0 Å². The van der Waals surface area contributed by atoms with Crippen molar-refractivity contribution in [1.29, 1.82) is 4.78 Å². The van der Waals surface area contributed by atoms with Crippen LogP contribution in [-0.4, -0.2) is 55.2 Å². The van der Waals surface area contributed by atoms with Crippen molar-refractivity contribution in [2.45, 2.75) is 38.5 Å². The molecule has 2 fully saturated rings. The van der Waals surface area contributed by atoms with Gasteiger partial charge in [0.15, 0.2) is 17.9 Å². The lowest BCUT2D eigenvalue weighted by Gasteiger charge is -2.28. The normalized spacial score (nSPS) is 20.0. The molecule has 2 unspecified atom stereocenters. The first-order valence-electron chi connectivity index (χ1n) is 13.3. The van der Waals surface area contributed by atoms with E-state index in [0.29, 0.717) is 42.6 Å². The summed E-state index contributed by atoms with van der Waals surface area (Å²) in [4.78, 5) is 10.2. The minimum absolute atomic E-state index is 0.180. The monoisotopic (exact) mass is 568 g/mol. The van der Waals surface area contributed by atoms with Gasteiger partial charge in [-0.25, -0.2) is 22.7 Å². The lowest BCUT2D eigenvalue weighted by Crippen LogP contribution is -2.40. The number of nitrogens with one attached hydrogen (secondary N) is 1. The minimum Gasteiger partial charge on any atom is -0.486 e. The molecule has 4 aromatic rings. The number of nitrogens with zero attached hydrogens (tertiary/aromatic N) is 5. The Morgan fingerprint density at radius 3 is 2.55 bits per heavy atom. The number of fused-ring (bicyclic) bond motifs is 1. The van der Waals surface area contributed by atoms with Gasteiger partial charge in [0, 0.05) is 58.1 Å². The van der Waals surface area contributed by atoms with Gasteiger partial charge in [0.05, 0.1) is 23.5 Å². The van der Waals surface area contributed by atoms with Crippen molar-refractivity contribution in [2.24, 2.45) is 0 Å². The average molecular weight is 569 g/mol. The summed E-state index contributed by atoms with van der Waals surface area (Å²) in [5, 5.41) is 5.74. The predicted octanol–water partition coefficient (Wildman–Crippen LogP) is 5.48. The highest BCUT2D eigenvalue weighted by molar-refractivity contribution is 7.92. The van der Waals surface area contributed by atoms with Gasteiger partial charge in [-0.3, -0.25) is 9.76 Å². The zero-order chi connectivity index (χ0) is 27.9. The van der Waals surface area contributed by atoms with Crippen LogP contribution in [0.15, 0.2) is 48.9 Å². The second-order valence-corrected chi connectivity index (χ2v) is 12.6. The predicted molar refractivity (Wildman–Crippen MR) is 148 cm³/mol. The molecule has 2 aliphatic rings. The van der Waals surface area contributed by atoms with Gasteiger partial charge in [-0.05, 0) is 56.5 Å². The first-order valence-corrected chi connectivity index (χ1v) is 15.2. The summed E-state index contributed by atoms with van der Waals surface area (Å²) in [6, 6.07) is 9.34. The van der Waals surface area contributed by atoms with E-state index in [1.807, 2.05) is 33.8 Å². The highest BCUT2D eigenvalue weighted by Crippen LogP contribution is 2.36. The molecule has 0 aliphatic carbocycles. The largest absolute Gasteiger partial charge is 0.486 e. The zero-order valence-electron chi connectivity index (χ0n) is 22.1. The topological polar surface area (TPSA) is 106 Å². The molecule has 0 radical (unpaired) electrons. The minimum atomic E-state index is -2.49. The Kier molecular flexibility index (Phi) is 7.13. The molecule has 0 saturated carbocycles. The number of pyridine rings is 2. The lowest BCUT2D eigenvalue weighted by molar-refractivity contribution is -0.0365. The van der Waals surface area contributed by atoms with Crippen molar-refractivity contribution in [2.75, 3.05) is 36.1 Å². The van der Waals surface area contributed by atoms with E-state index in [4.69, 9.17) is 19.4 Å². The number of ether oxygens (including phenoxy) is 2. The molecule has 2 saturated heterocycles. The van der Waals surface area contributed by atoms with Crippen LogP contribution in [0.4, 0.5) is 14.6 Å². The second kappa shape index (κ2) is 10.7. The third-order valence-electron chi connectivity index (χ3n) is 7.44. The van der Waals surface area contributed by atoms with E-state index in [-0.39, 0.29) is 11.8 Å². The number of halogens is 2. The van der Waals surface area contributed by atoms with E-state index in [9.17, 15) is 13.0 Å². The first kappa shape index (κ1) is 26.6. The van der Waals surface area contributed by atoms with E-state index >= 15 is 0 Å². The Morgan fingerprint density at radius 2 is 1.88 bits per heavy atom. The maximum atomic E-state index is 14.3. The van der Waals surface area contributed by atoms with Crippen LogP contribution in [0.3, 0.4) is 0 Å². The fraction of sp³-hybridized carbons (Fsp3) is 0.393. The fourth-order valence-corrected chi connectivity index (χ4v) is 6.52. The average Bonchev–Trinajstić information content (AvgIpc) is 3.32. The van der Waals surface area contributed by atoms with Gasteiger partial charge in [-0.15, -0.1) is 0 Å². The Hall–Kier alpha value is -3.64. The Balaban J connectivity index is 1.35. The van der Waals surface area contributed by atoms with Crippen LogP contribution in [0.2, 0.25) is 0 Å². The summed E-state index contributed by atoms with van der Waals surface area (Å²) in [5.74, 6) is 0.348. The van der Waals surface area contributed by atoms with Gasteiger partial charge in [0.1, 0.15) is 23.4 Å². The zero-order valence-corrected chi connectivity index (χ0v) is 22.9. The van der Waals surface area contributed by atoms with Crippen molar-refractivity contribution in [3.05, 3.63) is 66.1 Å². The third-order valence-corrected chi connectivity index (χ3v) is 9.13. The van der Waals surface area contributed by atoms with Crippen molar-refractivity contribution < 1.29 is 22.5 Å². The molecular formula is C28H30F2N6O3S. The molecule has 6 rings (SSSR count).